The standard InChI is InChI=1S/C24H26FN7O3/c1-3-35-19-7-5-4-6-18(19)30-10-12-31(13-11-30)24(34)22(33)16-14-28-21-20(16)17(25)15-29-23(21)32(26)9-8-27-2/h4-9,14-15,28H,2-3,10-13,26H2,1H3/b9-8-. The molecule has 0 saturated carbocycles. The number of nitrogens with one attached hydrogen (secondary N) is 1. The molecular formula is C24H26FN7O3. The second kappa shape index (κ2) is 10.3. The topological polar surface area (TPSA) is 120 Å². The number of nitrogens with zero attached hydrogens (tertiary/aromatic N) is 5. The number of benzene rings is 1. The number of rotatable bonds is 8. The minimum atomic E-state index is -0.803. The summed E-state index contributed by atoms with van der Waals surface area (Å²) in [5.41, 5.74) is 1.06. The van der Waals surface area contributed by atoms with E-state index in [1.165, 1.54) is 23.5 Å². The molecule has 0 radical (unpaired) electrons. The van der Waals surface area contributed by atoms with Gasteiger partial charge in [-0.1, -0.05) is 12.1 Å². The summed E-state index contributed by atoms with van der Waals surface area (Å²) < 4.78 is 20.4. The molecular weight excluding hydrogens is 453 g/mol. The molecule has 1 amide bonds. The van der Waals surface area contributed by atoms with Crippen molar-refractivity contribution in [1.29, 1.82) is 0 Å². The van der Waals surface area contributed by atoms with E-state index in [-0.39, 0.29) is 22.3 Å². The van der Waals surface area contributed by atoms with Crippen molar-refractivity contribution in [1.82, 2.24) is 14.9 Å². The number of nitrogens with two attached hydrogens (primary N) is 1. The van der Waals surface area contributed by atoms with E-state index in [9.17, 15) is 14.0 Å². The lowest BCUT2D eigenvalue weighted by atomic mass is 10.1. The molecule has 35 heavy (non-hydrogen) atoms. The number of amides is 1. The van der Waals surface area contributed by atoms with E-state index >= 15 is 0 Å². The lowest BCUT2D eigenvalue weighted by Crippen LogP contribution is -2.50. The highest BCUT2D eigenvalue weighted by atomic mass is 19.1. The molecule has 4 rings (SSSR count). The lowest BCUT2D eigenvalue weighted by molar-refractivity contribution is -0.126. The molecule has 3 aromatic rings. The minimum Gasteiger partial charge on any atom is -0.492 e. The first-order valence-corrected chi connectivity index (χ1v) is 11.1. The average Bonchev–Trinajstić information content (AvgIpc) is 3.33. The number of aromatic amines is 1. The van der Waals surface area contributed by atoms with Crippen LogP contribution < -0.4 is 20.5 Å². The molecule has 1 saturated heterocycles. The summed E-state index contributed by atoms with van der Waals surface area (Å²) >= 11 is 0. The largest absolute Gasteiger partial charge is 0.492 e. The van der Waals surface area contributed by atoms with Gasteiger partial charge in [-0.15, -0.1) is 0 Å². The van der Waals surface area contributed by atoms with Crippen LogP contribution in [0.3, 0.4) is 0 Å². The van der Waals surface area contributed by atoms with Gasteiger partial charge in [0.05, 0.1) is 35.0 Å². The van der Waals surface area contributed by atoms with Crippen LogP contribution in [-0.4, -0.2) is 66.1 Å². The van der Waals surface area contributed by atoms with Gasteiger partial charge in [-0.2, -0.15) is 0 Å². The van der Waals surface area contributed by atoms with Gasteiger partial charge in [0.25, 0.3) is 11.7 Å². The number of Topliss-reactive ketones (excluding diaryl/α,β-unsaturated/α-hetero) is 1. The molecule has 0 spiro atoms. The number of piperazine rings is 1. The van der Waals surface area contributed by atoms with E-state index in [0.717, 1.165) is 22.6 Å². The van der Waals surface area contributed by atoms with Gasteiger partial charge in [0.1, 0.15) is 5.75 Å². The molecule has 0 aliphatic carbocycles. The highest BCUT2D eigenvalue weighted by Crippen LogP contribution is 2.30. The Labute approximate surface area is 201 Å². The number of halogens is 1. The summed E-state index contributed by atoms with van der Waals surface area (Å²) in [6.07, 6.45) is 4.97. The van der Waals surface area contributed by atoms with Gasteiger partial charge in [-0.3, -0.25) is 19.6 Å². The SMILES string of the molecule is C=N/C=C\N(N)c1ncc(F)c2c(C(=O)C(=O)N3CCN(c4ccccc4OCC)CC3)c[nH]c12. The number of ketones is 1. The summed E-state index contributed by atoms with van der Waals surface area (Å²) in [4.78, 5) is 40.1. The van der Waals surface area contributed by atoms with Gasteiger partial charge in [0.2, 0.25) is 0 Å². The third kappa shape index (κ3) is 4.71. The normalized spacial score (nSPS) is 13.9. The lowest BCUT2D eigenvalue weighted by Gasteiger charge is -2.36. The summed E-state index contributed by atoms with van der Waals surface area (Å²) in [6.45, 7) is 7.55. The number of H-pyrrole nitrogens is 1. The van der Waals surface area contributed by atoms with Crippen molar-refractivity contribution in [2.45, 2.75) is 6.92 Å². The highest BCUT2D eigenvalue weighted by Gasteiger charge is 2.30. The Balaban J connectivity index is 1.52. The van der Waals surface area contributed by atoms with E-state index in [4.69, 9.17) is 10.6 Å². The van der Waals surface area contributed by atoms with Crippen molar-refractivity contribution in [2.24, 2.45) is 10.8 Å². The molecule has 10 nitrogen and oxygen atoms in total. The average molecular weight is 480 g/mol. The first-order valence-electron chi connectivity index (χ1n) is 11.1. The predicted molar refractivity (Wildman–Crippen MR) is 132 cm³/mol. The van der Waals surface area contributed by atoms with E-state index in [1.54, 1.807) is 0 Å². The Kier molecular flexibility index (Phi) is 7.06. The Hall–Kier alpha value is -4.25. The maximum atomic E-state index is 14.7. The molecule has 2 aromatic heterocycles. The van der Waals surface area contributed by atoms with Crippen LogP contribution in [0.25, 0.3) is 10.9 Å². The fraction of sp³-hybridized carbons (Fsp3) is 0.250. The molecule has 1 aliphatic heterocycles. The summed E-state index contributed by atoms with van der Waals surface area (Å²) in [5.74, 6) is 4.63. The van der Waals surface area contributed by atoms with E-state index in [0.29, 0.717) is 32.8 Å². The summed E-state index contributed by atoms with van der Waals surface area (Å²) in [5, 5.41) is 1.07. The number of anilines is 2. The van der Waals surface area contributed by atoms with Crippen molar-refractivity contribution < 1.29 is 18.7 Å². The second-order valence-corrected chi connectivity index (χ2v) is 7.78. The molecule has 0 bridgehead atoms. The fourth-order valence-electron chi connectivity index (χ4n) is 4.06. The van der Waals surface area contributed by atoms with Crippen molar-refractivity contribution in [3.8, 4) is 5.75 Å². The van der Waals surface area contributed by atoms with Crippen LogP contribution in [0.15, 0.2) is 54.1 Å². The van der Waals surface area contributed by atoms with Crippen LogP contribution in [0, 0.1) is 5.82 Å². The number of carbonyl (C=O) groups is 2. The number of para-hydroxylation sites is 2. The van der Waals surface area contributed by atoms with Crippen LogP contribution in [-0.2, 0) is 4.79 Å². The second-order valence-electron chi connectivity index (χ2n) is 7.78. The number of hydrogen-bond acceptors (Lipinski definition) is 8. The Morgan fingerprint density at radius 3 is 2.77 bits per heavy atom. The van der Waals surface area contributed by atoms with Gasteiger partial charge in [0.15, 0.2) is 11.6 Å². The number of carbonyl (C=O) groups excluding carboxylic acids is 2. The van der Waals surface area contributed by atoms with E-state index < -0.39 is 17.5 Å². The predicted octanol–water partition coefficient (Wildman–Crippen LogP) is 2.48. The van der Waals surface area contributed by atoms with Crippen LogP contribution in [0.1, 0.15) is 17.3 Å². The first kappa shape index (κ1) is 23.9. The number of hydrazine groups is 1. The van der Waals surface area contributed by atoms with Gasteiger partial charge in [-0.25, -0.2) is 15.2 Å². The first-order chi connectivity index (χ1) is 17.0. The molecule has 1 aliphatic rings. The maximum absolute atomic E-state index is 14.7. The van der Waals surface area contributed by atoms with Gasteiger partial charge < -0.3 is 19.5 Å². The van der Waals surface area contributed by atoms with Crippen LogP contribution in [0.4, 0.5) is 15.9 Å². The van der Waals surface area contributed by atoms with Gasteiger partial charge in [0, 0.05) is 44.8 Å². The van der Waals surface area contributed by atoms with E-state index in [2.05, 4.69) is 26.6 Å². The van der Waals surface area contributed by atoms with Crippen LogP contribution in [0.2, 0.25) is 0 Å². The van der Waals surface area contributed by atoms with Crippen molar-refractivity contribution in [3.05, 3.63) is 60.4 Å². The Morgan fingerprint density at radius 1 is 1.31 bits per heavy atom. The maximum Gasteiger partial charge on any atom is 0.295 e. The van der Waals surface area contributed by atoms with Crippen LogP contribution in [0.5, 0.6) is 5.75 Å². The number of ether oxygens (including phenoxy) is 1. The zero-order valence-electron chi connectivity index (χ0n) is 19.3. The van der Waals surface area contributed by atoms with Crippen LogP contribution >= 0.6 is 0 Å². The third-order valence-corrected chi connectivity index (χ3v) is 5.73. The highest BCUT2D eigenvalue weighted by molar-refractivity contribution is 6.45. The molecule has 11 heteroatoms. The number of hydrogen-bond donors (Lipinski definition) is 2. The molecule has 3 N–H and O–H groups in total. The minimum absolute atomic E-state index is 0.0481. The summed E-state index contributed by atoms with van der Waals surface area (Å²) in [7, 11) is 0. The monoisotopic (exact) mass is 479 g/mol. The molecule has 182 valence electrons. The molecule has 0 unspecified atom stereocenters. The Bertz CT molecular complexity index is 1280. The number of fused-ring (bicyclic) bond motifs is 1. The fourth-order valence-corrected chi connectivity index (χ4v) is 4.06. The number of aromatic nitrogens is 2. The van der Waals surface area contributed by atoms with Gasteiger partial charge in [-0.05, 0) is 25.8 Å². The number of aliphatic imine (C=N–C) groups is 1. The molecule has 0 atom stereocenters. The zero-order chi connectivity index (χ0) is 24.9. The quantitative estimate of drug-likeness (QED) is 0.167. The molecule has 3 heterocycles. The van der Waals surface area contributed by atoms with Crippen molar-refractivity contribution >= 4 is 40.8 Å². The Morgan fingerprint density at radius 2 is 2.06 bits per heavy atom. The molecule has 1 aromatic carbocycles. The smallest absolute Gasteiger partial charge is 0.295 e. The molecule has 1 fully saturated rings. The zero-order valence-corrected chi connectivity index (χ0v) is 19.3. The number of pyridine rings is 1. The van der Waals surface area contributed by atoms with Crippen molar-refractivity contribution in [3.63, 3.8) is 0 Å². The summed E-state index contributed by atoms with van der Waals surface area (Å²) in [6, 6.07) is 7.71. The van der Waals surface area contributed by atoms with Crippen molar-refractivity contribution in [2.75, 3.05) is 42.7 Å². The van der Waals surface area contributed by atoms with E-state index in [1.807, 2.05) is 31.2 Å². The third-order valence-electron chi connectivity index (χ3n) is 5.73. The van der Waals surface area contributed by atoms with Gasteiger partial charge >= 0.3 is 0 Å².